The lowest BCUT2D eigenvalue weighted by molar-refractivity contribution is -0.142. The van der Waals surface area contributed by atoms with Gasteiger partial charge in [-0.2, -0.15) is 5.10 Å². The first-order valence-corrected chi connectivity index (χ1v) is 6.97. The molecule has 20 heavy (non-hydrogen) atoms. The van der Waals surface area contributed by atoms with E-state index in [0.29, 0.717) is 13.2 Å². The zero-order chi connectivity index (χ0) is 14.9. The third-order valence-electron chi connectivity index (χ3n) is 4.10. The van der Waals surface area contributed by atoms with Crippen molar-refractivity contribution in [1.82, 2.24) is 14.7 Å². The van der Waals surface area contributed by atoms with Crippen molar-refractivity contribution in [3.8, 4) is 0 Å². The molecule has 1 aliphatic heterocycles. The number of carboxylic acids is 1. The minimum absolute atomic E-state index is 0.0637. The van der Waals surface area contributed by atoms with Gasteiger partial charge in [-0.25, -0.2) is 0 Å². The summed E-state index contributed by atoms with van der Waals surface area (Å²) in [5.74, 6) is -0.807. The predicted molar refractivity (Wildman–Crippen MR) is 74.7 cm³/mol. The summed E-state index contributed by atoms with van der Waals surface area (Å²) in [7, 11) is 1.95. The van der Waals surface area contributed by atoms with Crippen LogP contribution < -0.4 is 0 Å². The second kappa shape index (κ2) is 5.93. The highest BCUT2D eigenvalue weighted by atomic mass is 16.5. The molecule has 0 amide bonds. The molecule has 6 nitrogen and oxygen atoms in total. The van der Waals surface area contributed by atoms with Gasteiger partial charge in [-0.3, -0.25) is 14.4 Å². The molecule has 1 aromatic heterocycles. The van der Waals surface area contributed by atoms with E-state index in [0.717, 1.165) is 17.9 Å². The fourth-order valence-corrected chi connectivity index (χ4v) is 2.99. The van der Waals surface area contributed by atoms with Gasteiger partial charge in [0.1, 0.15) is 0 Å². The van der Waals surface area contributed by atoms with Crippen molar-refractivity contribution in [2.24, 2.45) is 7.05 Å². The maximum Gasteiger partial charge on any atom is 0.306 e. The largest absolute Gasteiger partial charge is 0.481 e. The number of aryl methyl sites for hydroxylation is 2. The predicted octanol–water partition coefficient (Wildman–Crippen LogP) is 1.27. The summed E-state index contributed by atoms with van der Waals surface area (Å²) in [4.78, 5) is 13.1. The Morgan fingerprint density at radius 3 is 2.80 bits per heavy atom. The second-order valence-electron chi connectivity index (χ2n) is 5.47. The van der Waals surface area contributed by atoms with Gasteiger partial charge in [0, 0.05) is 37.4 Å². The van der Waals surface area contributed by atoms with Crippen LogP contribution in [0.25, 0.3) is 0 Å². The van der Waals surface area contributed by atoms with Crippen molar-refractivity contribution in [3.05, 3.63) is 17.0 Å². The zero-order valence-electron chi connectivity index (χ0n) is 12.6. The number of carbonyl (C=O) groups is 1. The second-order valence-corrected chi connectivity index (χ2v) is 5.47. The molecule has 1 N–H and O–H groups in total. The number of hydrogen-bond acceptors (Lipinski definition) is 4. The lowest BCUT2D eigenvalue weighted by Gasteiger charge is -2.36. The Bertz CT molecular complexity index is 498. The van der Waals surface area contributed by atoms with Crippen LogP contribution in [0.2, 0.25) is 0 Å². The van der Waals surface area contributed by atoms with Crippen LogP contribution in [0.1, 0.15) is 36.3 Å². The van der Waals surface area contributed by atoms with Gasteiger partial charge in [-0.05, 0) is 20.8 Å². The van der Waals surface area contributed by atoms with Crippen LogP contribution in [0.15, 0.2) is 0 Å². The molecule has 1 aromatic rings. The molecule has 0 aromatic carbocycles. The van der Waals surface area contributed by atoms with Gasteiger partial charge in [0.05, 0.1) is 24.8 Å². The van der Waals surface area contributed by atoms with Gasteiger partial charge in [0.25, 0.3) is 0 Å². The van der Waals surface area contributed by atoms with Gasteiger partial charge in [0.2, 0.25) is 0 Å². The van der Waals surface area contributed by atoms with E-state index in [-0.39, 0.29) is 18.6 Å². The van der Waals surface area contributed by atoms with Crippen molar-refractivity contribution >= 4 is 5.97 Å². The summed E-state index contributed by atoms with van der Waals surface area (Å²) in [5, 5.41) is 13.3. The summed E-state index contributed by atoms with van der Waals surface area (Å²) < 4.78 is 7.43. The highest BCUT2D eigenvalue weighted by Gasteiger charge is 2.28. The molecule has 2 unspecified atom stereocenters. The minimum Gasteiger partial charge on any atom is -0.481 e. The number of carboxylic acid groups (broad SMARTS) is 1. The van der Waals surface area contributed by atoms with Crippen LogP contribution in [0, 0.1) is 13.8 Å². The van der Waals surface area contributed by atoms with Crippen LogP contribution in [0.4, 0.5) is 0 Å². The number of aromatic nitrogens is 2. The van der Waals surface area contributed by atoms with E-state index in [2.05, 4.69) is 23.8 Å². The average Bonchev–Trinajstić information content (AvgIpc) is 2.62. The maximum absolute atomic E-state index is 10.8. The number of aliphatic carboxylic acids is 1. The lowest BCUT2D eigenvalue weighted by Crippen LogP contribution is -2.44. The van der Waals surface area contributed by atoms with Crippen LogP contribution in [0.5, 0.6) is 0 Å². The first-order chi connectivity index (χ1) is 9.40. The average molecular weight is 281 g/mol. The topological polar surface area (TPSA) is 67.6 Å². The molecule has 6 heteroatoms. The third-order valence-corrected chi connectivity index (χ3v) is 4.10. The van der Waals surface area contributed by atoms with Crippen LogP contribution >= 0.6 is 0 Å². The monoisotopic (exact) mass is 281 g/mol. The number of hydrogen-bond donors (Lipinski definition) is 1. The fourth-order valence-electron chi connectivity index (χ4n) is 2.99. The van der Waals surface area contributed by atoms with Gasteiger partial charge in [-0.15, -0.1) is 0 Å². The minimum atomic E-state index is -0.807. The Hall–Kier alpha value is -1.40. The first kappa shape index (κ1) is 15.0. The summed E-state index contributed by atoms with van der Waals surface area (Å²) in [6.45, 7) is 8.31. The van der Waals surface area contributed by atoms with E-state index in [1.165, 1.54) is 5.56 Å². The molecule has 1 fully saturated rings. The summed E-state index contributed by atoms with van der Waals surface area (Å²) >= 11 is 0. The summed E-state index contributed by atoms with van der Waals surface area (Å²) in [5.41, 5.74) is 3.44. The quantitative estimate of drug-likeness (QED) is 0.900. The van der Waals surface area contributed by atoms with E-state index in [1.54, 1.807) is 0 Å². The molecule has 0 bridgehead atoms. The molecule has 2 rings (SSSR count). The van der Waals surface area contributed by atoms with E-state index >= 15 is 0 Å². The molecule has 0 saturated carbocycles. The smallest absolute Gasteiger partial charge is 0.306 e. The fraction of sp³-hybridized carbons (Fsp3) is 0.714. The lowest BCUT2D eigenvalue weighted by atomic mass is 10.0. The van der Waals surface area contributed by atoms with E-state index < -0.39 is 5.97 Å². The van der Waals surface area contributed by atoms with Gasteiger partial charge >= 0.3 is 5.97 Å². The van der Waals surface area contributed by atoms with E-state index in [4.69, 9.17) is 9.84 Å². The molecule has 0 aliphatic carbocycles. The SMILES string of the molecule is Cc1nn(C)c(C)c1C(C)N1CCOC(CC(=O)O)C1. The van der Waals surface area contributed by atoms with Crippen molar-refractivity contribution in [2.45, 2.75) is 39.3 Å². The Kier molecular flexibility index (Phi) is 4.45. The first-order valence-electron chi connectivity index (χ1n) is 6.97. The Morgan fingerprint density at radius 2 is 2.25 bits per heavy atom. The number of ether oxygens (including phenoxy) is 1. The molecule has 1 saturated heterocycles. The maximum atomic E-state index is 10.8. The zero-order valence-corrected chi connectivity index (χ0v) is 12.6. The number of morpholine rings is 1. The van der Waals surface area contributed by atoms with Crippen molar-refractivity contribution in [1.29, 1.82) is 0 Å². The molecule has 112 valence electrons. The molecule has 0 radical (unpaired) electrons. The highest BCUT2D eigenvalue weighted by Crippen LogP contribution is 2.28. The standard InChI is InChI=1S/C14H23N3O3/c1-9-14(10(2)16(4)15-9)11(3)17-5-6-20-12(8-17)7-13(18)19/h11-12H,5-8H2,1-4H3,(H,18,19). The van der Waals surface area contributed by atoms with Crippen LogP contribution in [-0.2, 0) is 16.6 Å². The molecule has 1 aliphatic rings. The van der Waals surface area contributed by atoms with Crippen molar-refractivity contribution in [2.75, 3.05) is 19.7 Å². The third kappa shape index (κ3) is 3.02. The van der Waals surface area contributed by atoms with E-state index in [9.17, 15) is 4.79 Å². The number of nitrogens with zero attached hydrogens (tertiary/aromatic N) is 3. The normalized spacial score (nSPS) is 21.9. The molecule has 2 atom stereocenters. The Balaban J connectivity index is 2.12. The number of rotatable bonds is 4. The van der Waals surface area contributed by atoms with E-state index in [1.807, 2.05) is 18.7 Å². The molecule has 0 spiro atoms. The van der Waals surface area contributed by atoms with Gasteiger partial charge < -0.3 is 9.84 Å². The Morgan fingerprint density at radius 1 is 1.55 bits per heavy atom. The van der Waals surface area contributed by atoms with Gasteiger partial charge in [0.15, 0.2) is 0 Å². The summed E-state index contributed by atoms with van der Waals surface area (Å²) in [6, 6.07) is 0.226. The van der Waals surface area contributed by atoms with Crippen molar-refractivity contribution in [3.63, 3.8) is 0 Å². The molecule has 2 heterocycles. The van der Waals surface area contributed by atoms with Crippen LogP contribution in [0.3, 0.4) is 0 Å². The molecular formula is C14H23N3O3. The molecular weight excluding hydrogens is 258 g/mol. The van der Waals surface area contributed by atoms with Gasteiger partial charge in [-0.1, -0.05) is 0 Å². The summed E-state index contributed by atoms with van der Waals surface area (Å²) in [6.07, 6.45) is -0.158. The Labute approximate surface area is 119 Å². The van der Waals surface area contributed by atoms with Crippen molar-refractivity contribution < 1.29 is 14.6 Å². The van der Waals surface area contributed by atoms with Crippen LogP contribution in [-0.4, -0.2) is 51.6 Å². The highest BCUT2D eigenvalue weighted by molar-refractivity contribution is 5.67.